The predicted octanol–water partition coefficient (Wildman–Crippen LogP) is 3.98. The summed E-state index contributed by atoms with van der Waals surface area (Å²) in [7, 11) is 0. The summed E-state index contributed by atoms with van der Waals surface area (Å²) in [6.45, 7) is 4.13. The number of ketones is 1. The summed E-state index contributed by atoms with van der Waals surface area (Å²) >= 11 is 0. The molecule has 0 bridgehead atoms. The summed E-state index contributed by atoms with van der Waals surface area (Å²) in [5.41, 5.74) is 3.72. The average molecular weight is 378 g/mol. The van der Waals surface area contributed by atoms with Gasteiger partial charge in [-0.1, -0.05) is 38.1 Å². The number of hydrogen-bond donors (Lipinski definition) is 2. The number of hydrogen-bond acceptors (Lipinski definition) is 3. The molecule has 1 aliphatic carbocycles. The van der Waals surface area contributed by atoms with E-state index in [0.717, 1.165) is 12.8 Å². The third kappa shape index (κ3) is 4.66. The van der Waals surface area contributed by atoms with E-state index in [1.165, 1.54) is 11.1 Å². The van der Waals surface area contributed by atoms with Crippen LogP contribution in [-0.4, -0.2) is 17.6 Å². The molecule has 3 rings (SSSR count). The first kappa shape index (κ1) is 19.8. The van der Waals surface area contributed by atoms with Crippen molar-refractivity contribution in [2.75, 3.05) is 10.6 Å². The van der Waals surface area contributed by atoms with E-state index in [1.807, 2.05) is 48.5 Å². The minimum Gasteiger partial charge on any atom is -0.326 e. The summed E-state index contributed by atoms with van der Waals surface area (Å²) in [5.74, 6) is -1.90. The molecule has 0 heterocycles. The molecule has 1 aliphatic rings. The lowest BCUT2D eigenvalue weighted by atomic mass is 9.94. The van der Waals surface area contributed by atoms with E-state index >= 15 is 0 Å². The van der Waals surface area contributed by atoms with Crippen LogP contribution in [0.5, 0.6) is 0 Å². The van der Waals surface area contributed by atoms with E-state index in [-0.39, 0.29) is 30.4 Å². The van der Waals surface area contributed by atoms with Gasteiger partial charge in [0.1, 0.15) is 5.78 Å². The zero-order chi connectivity index (χ0) is 20.1. The first-order chi connectivity index (χ1) is 13.5. The van der Waals surface area contributed by atoms with E-state index in [9.17, 15) is 14.4 Å². The molecule has 2 unspecified atom stereocenters. The quantitative estimate of drug-likeness (QED) is 0.798. The molecule has 2 aromatic rings. The third-order valence-electron chi connectivity index (χ3n) is 5.31. The normalized spacial score (nSPS) is 18.7. The Morgan fingerprint density at radius 3 is 1.43 bits per heavy atom. The number of amides is 2. The second-order valence-electron chi connectivity index (χ2n) is 7.24. The van der Waals surface area contributed by atoms with Crippen LogP contribution in [0.2, 0.25) is 0 Å². The Bertz CT molecular complexity index is 785. The lowest BCUT2D eigenvalue weighted by Crippen LogP contribution is -2.33. The molecule has 146 valence electrons. The van der Waals surface area contributed by atoms with Crippen LogP contribution in [0.3, 0.4) is 0 Å². The van der Waals surface area contributed by atoms with Crippen molar-refractivity contribution < 1.29 is 14.4 Å². The Labute approximate surface area is 165 Å². The summed E-state index contributed by atoms with van der Waals surface area (Å²) in [6.07, 6.45) is 2.05. The molecule has 2 amide bonds. The molecule has 28 heavy (non-hydrogen) atoms. The van der Waals surface area contributed by atoms with Crippen LogP contribution < -0.4 is 10.6 Å². The Morgan fingerprint density at radius 1 is 0.750 bits per heavy atom. The van der Waals surface area contributed by atoms with E-state index in [1.54, 1.807) is 0 Å². The van der Waals surface area contributed by atoms with Gasteiger partial charge in [0.25, 0.3) is 0 Å². The summed E-state index contributed by atoms with van der Waals surface area (Å²) < 4.78 is 0. The highest BCUT2D eigenvalue weighted by atomic mass is 16.2. The number of nitrogens with one attached hydrogen (secondary N) is 2. The highest BCUT2D eigenvalue weighted by Crippen LogP contribution is 2.31. The van der Waals surface area contributed by atoms with E-state index in [4.69, 9.17) is 0 Å². The Balaban J connectivity index is 1.67. The van der Waals surface area contributed by atoms with Gasteiger partial charge in [0, 0.05) is 24.2 Å². The number of rotatable bonds is 6. The van der Waals surface area contributed by atoms with E-state index in [0.29, 0.717) is 11.4 Å². The van der Waals surface area contributed by atoms with Crippen molar-refractivity contribution in [3.63, 3.8) is 0 Å². The van der Waals surface area contributed by atoms with Gasteiger partial charge in [0.15, 0.2) is 0 Å². The molecule has 1 saturated carbocycles. The highest BCUT2D eigenvalue weighted by Gasteiger charge is 2.42. The van der Waals surface area contributed by atoms with Crippen molar-refractivity contribution in [1.29, 1.82) is 0 Å². The van der Waals surface area contributed by atoms with Crippen molar-refractivity contribution >= 4 is 29.0 Å². The zero-order valence-corrected chi connectivity index (χ0v) is 16.3. The van der Waals surface area contributed by atoms with Crippen LogP contribution >= 0.6 is 0 Å². The average Bonchev–Trinajstić information content (AvgIpc) is 3.11. The Morgan fingerprint density at radius 2 is 1.11 bits per heavy atom. The SMILES string of the molecule is CCc1ccc(NC(=O)C2CC(=O)CC2C(=O)Nc2ccc(CC)cc2)cc1. The molecular weight excluding hydrogens is 352 g/mol. The van der Waals surface area contributed by atoms with Crippen LogP contribution in [0.15, 0.2) is 48.5 Å². The topological polar surface area (TPSA) is 75.3 Å². The van der Waals surface area contributed by atoms with Crippen LogP contribution in [0.25, 0.3) is 0 Å². The molecular formula is C23H26N2O3. The third-order valence-corrected chi connectivity index (χ3v) is 5.31. The van der Waals surface area contributed by atoms with Crippen molar-refractivity contribution in [1.82, 2.24) is 0 Å². The maximum atomic E-state index is 12.7. The lowest BCUT2D eigenvalue weighted by Gasteiger charge is -2.18. The lowest BCUT2D eigenvalue weighted by molar-refractivity contribution is -0.128. The van der Waals surface area contributed by atoms with Gasteiger partial charge in [-0.3, -0.25) is 14.4 Å². The van der Waals surface area contributed by atoms with Crippen molar-refractivity contribution in [3.8, 4) is 0 Å². The summed E-state index contributed by atoms with van der Waals surface area (Å²) in [5, 5.41) is 5.70. The van der Waals surface area contributed by atoms with E-state index in [2.05, 4.69) is 24.5 Å². The zero-order valence-electron chi connectivity index (χ0n) is 16.3. The minimum absolute atomic E-state index is 0.0528. The molecule has 0 radical (unpaired) electrons. The van der Waals surface area contributed by atoms with Crippen LogP contribution in [-0.2, 0) is 27.2 Å². The van der Waals surface area contributed by atoms with Crippen LogP contribution in [0.1, 0.15) is 37.8 Å². The standard InChI is InChI=1S/C23H26N2O3/c1-3-15-5-9-17(10-6-15)24-22(27)20-13-19(26)14-21(20)23(28)25-18-11-7-16(4-2)8-12-18/h5-12,20-21H,3-4,13-14H2,1-2H3,(H,24,27)(H,25,28). The Kier molecular flexibility index (Phi) is 6.24. The number of Topliss-reactive ketones (excluding diaryl/α,β-unsaturated/α-hetero) is 1. The van der Waals surface area contributed by atoms with Gasteiger partial charge in [0.05, 0.1) is 11.8 Å². The highest BCUT2D eigenvalue weighted by molar-refractivity contribution is 6.05. The molecule has 0 spiro atoms. The number of aryl methyl sites for hydroxylation is 2. The maximum Gasteiger partial charge on any atom is 0.228 e. The molecule has 1 fully saturated rings. The monoisotopic (exact) mass is 378 g/mol. The second-order valence-corrected chi connectivity index (χ2v) is 7.24. The fourth-order valence-corrected chi connectivity index (χ4v) is 3.53. The van der Waals surface area contributed by atoms with Gasteiger partial charge in [-0.25, -0.2) is 0 Å². The van der Waals surface area contributed by atoms with Gasteiger partial charge < -0.3 is 10.6 Å². The molecule has 0 aliphatic heterocycles. The fourth-order valence-electron chi connectivity index (χ4n) is 3.53. The minimum atomic E-state index is -0.645. The van der Waals surface area contributed by atoms with Gasteiger partial charge in [-0.15, -0.1) is 0 Å². The fraction of sp³-hybridized carbons (Fsp3) is 0.348. The number of benzene rings is 2. The Hall–Kier alpha value is -2.95. The summed E-state index contributed by atoms with van der Waals surface area (Å²) in [6, 6.07) is 15.2. The molecule has 2 atom stereocenters. The van der Waals surface area contributed by atoms with Crippen molar-refractivity contribution in [3.05, 3.63) is 59.7 Å². The van der Waals surface area contributed by atoms with Gasteiger partial charge in [0.2, 0.25) is 11.8 Å². The summed E-state index contributed by atoms with van der Waals surface area (Å²) in [4.78, 5) is 37.4. The second kappa shape index (κ2) is 8.83. The first-order valence-corrected chi connectivity index (χ1v) is 9.81. The number of carbonyl (C=O) groups excluding carboxylic acids is 3. The maximum absolute atomic E-state index is 12.7. The molecule has 2 aromatic carbocycles. The smallest absolute Gasteiger partial charge is 0.228 e. The van der Waals surface area contributed by atoms with Crippen molar-refractivity contribution in [2.24, 2.45) is 11.8 Å². The van der Waals surface area contributed by atoms with Gasteiger partial charge in [-0.2, -0.15) is 0 Å². The number of carbonyl (C=O) groups is 3. The van der Waals surface area contributed by atoms with Gasteiger partial charge >= 0.3 is 0 Å². The molecule has 0 saturated heterocycles. The van der Waals surface area contributed by atoms with Crippen LogP contribution in [0.4, 0.5) is 11.4 Å². The molecule has 5 heteroatoms. The van der Waals surface area contributed by atoms with Crippen molar-refractivity contribution in [2.45, 2.75) is 39.5 Å². The van der Waals surface area contributed by atoms with Gasteiger partial charge in [-0.05, 0) is 48.2 Å². The number of anilines is 2. The predicted molar refractivity (Wildman–Crippen MR) is 110 cm³/mol. The largest absolute Gasteiger partial charge is 0.326 e. The molecule has 0 aromatic heterocycles. The molecule has 2 N–H and O–H groups in total. The molecule has 5 nitrogen and oxygen atoms in total. The first-order valence-electron chi connectivity index (χ1n) is 9.81. The van der Waals surface area contributed by atoms with E-state index < -0.39 is 11.8 Å². The van der Waals surface area contributed by atoms with Crippen LogP contribution in [0, 0.1) is 11.8 Å².